The molecule has 0 amide bonds. The molecule has 1 aromatic heterocycles. The maximum atomic E-state index is 5.84. The summed E-state index contributed by atoms with van der Waals surface area (Å²) in [4.78, 5) is 6.94. The summed E-state index contributed by atoms with van der Waals surface area (Å²) in [6.45, 7) is 4.93. The van der Waals surface area contributed by atoms with Crippen LogP contribution >= 0.6 is 0 Å². The molecule has 2 atom stereocenters. The summed E-state index contributed by atoms with van der Waals surface area (Å²) < 4.78 is 2.26. The van der Waals surface area contributed by atoms with Gasteiger partial charge in [-0.05, 0) is 40.1 Å². The van der Waals surface area contributed by atoms with Gasteiger partial charge in [0.25, 0.3) is 0 Å². The van der Waals surface area contributed by atoms with Gasteiger partial charge < -0.3 is 10.3 Å². The third-order valence-corrected chi connectivity index (χ3v) is 3.55. The summed E-state index contributed by atoms with van der Waals surface area (Å²) in [6.07, 6.45) is 0. The number of imidazole rings is 1. The van der Waals surface area contributed by atoms with Crippen LogP contribution in [-0.2, 0) is 0 Å². The van der Waals surface area contributed by atoms with Crippen LogP contribution in [0.4, 0.5) is 0 Å². The van der Waals surface area contributed by atoms with Gasteiger partial charge in [-0.15, -0.1) is 0 Å². The van der Waals surface area contributed by atoms with Crippen LogP contribution in [0.3, 0.4) is 0 Å². The summed E-state index contributed by atoms with van der Waals surface area (Å²) in [7, 11) is 4.14. The number of nitrogens with two attached hydrogens (primary N) is 1. The van der Waals surface area contributed by atoms with Gasteiger partial charge in [0.2, 0.25) is 0 Å². The Morgan fingerprint density at radius 1 is 1.28 bits per heavy atom. The Bertz CT molecular complexity index is 530. The van der Waals surface area contributed by atoms with E-state index in [4.69, 9.17) is 10.7 Å². The molecule has 0 aliphatic rings. The van der Waals surface area contributed by atoms with Gasteiger partial charge in [-0.3, -0.25) is 4.90 Å². The van der Waals surface area contributed by atoms with Crippen LogP contribution in [0.2, 0.25) is 0 Å². The number of aromatic nitrogens is 2. The molecule has 2 unspecified atom stereocenters. The molecule has 0 aliphatic carbocycles. The van der Waals surface area contributed by atoms with Gasteiger partial charge in [0, 0.05) is 12.6 Å². The molecule has 2 N–H and O–H groups in total. The molecular weight excluding hydrogens is 224 g/mol. The van der Waals surface area contributed by atoms with E-state index in [2.05, 4.69) is 49.5 Å². The first-order valence-corrected chi connectivity index (χ1v) is 6.39. The molecule has 4 heteroatoms. The summed E-state index contributed by atoms with van der Waals surface area (Å²) >= 11 is 0. The first kappa shape index (κ1) is 13.1. The predicted octanol–water partition coefficient (Wildman–Crippen LogP) is 2.18. The van der Waals surface area contributed by atoms with Crippen molar-refractivity contribution in [1.82, 2.24) is 14.5 Å². The minimum Gasteiger partial charge on any atom is -0.328 e. The van der Waals surface area contributed by atoms with Crippen molar-refractivity contribution in [1.29, 1.82) is 0 Å². The number of rotatable bonds is 4. The molecule has 2 aromatic rings. The average molecular weight is 246 g/mol. The first-order valence-electron chi connectivity index (χ1n) is 6.39. The van der Waals surface area contributed by atoms with Crippen molar-refractivity contribution in [3.05, 3.63) is 30.1 Å². The fraction of sp³-hybridized carbons (Fsp3) is 0.500. The van der Waals surface area contributed by atoms with Crippen molar-refractivity contribution in [2.24, 2.45) is 5.73 Å². The Balaban J connectivity index is 2.64. The quantitative estimate of drug-likeness (QED) is 0.899. The maximum absolute atomic E-state index is 5.84. The highest BCUT2D eigenvalue weighted by Crippen LogP contribution is 2.26. The lowest BCUT2D eigenvalue weighted by Gasteiger charge is -2.23. The lowest BCUT2D eigenvalue weighted by Crippen LogP contribution is -2.24. The molecule has 0 radical (unpaired) electrons. The number of hydrogen-bond acceptors (Lipinski definition) is 3. The Morgan fingerprint density at radius 2 is 1.94 bits per heavy atom. The van der Waals surface area contributed by atoms with Crippen LogP contribution in [0.5, 0.6) is 0 Å². The summed E-state index contributed by atoms with van der Waals surface area (Å²) in [5.41, 5.74) is 8.05. The fourth-order valence-electron chi connectivity index (χ4n) is 2.16. The third-order valence-electron chi connectivity index (χ3n) is 3.55. The van der Waals surface area contributed by atoms with E-state index in [1.807, 2.05) is 12.1 Å². The zero-order valence-corrected chi connectivity index (χ0v) is 11.6. The molecule has 4 nitrogen and oxygen atoms in total. The molecule has 1 aromatic carbocycles. The predicted molar refractivity (Wildman–Crippen MR) is 75.6 cm³/mol. The Hall–Kier alpha value is -1.39. The monoisotopic (exact) mass is 246 g/mol. The molecule has 0 bridgehead atoms. The molecule has 0 saturated carbocycles. The molecule has 0 aliphatic heterocycles. The second-order valence-corrected chi connectivity index (χ2v) is 5.05. The highest BCUT2D eigenvalue weighted by atomic mass is 15.2. The number of nitrogens with zero attached hydrogens (tertiary/aromatic N) is 3. The molecular formula is C14H22N4. The van der Waals surface area contributed by atoms with Gasteiger partial charge in [0.15, 0.2) is 0 Å². The summed E-state index contributed by atoms with van der Waals surface area (Å²) in [5.74, 6) is 1.08. The highest BCUT2D eigenvalue weighted by Gasteiger charge is 2.20. The van der Waals surface area contributed by atoms with Gasteiger partial charge in [0.1, 0.15) is 5.82 Å². The van der Waals surface area contributed by atoms with E-state index in [1.165, 1.54) is 5.52 Å². The van der Waals surface area contributed by atoms with Crippen molar-refractivity contribution in [3.63, 3.8) is 0 Å². The molecule has 98 valence electrons. The van der Waals surface area contributed by atoms with Crippen molar-refractivity contribution < 1.29 is 0 Å². The molecule has 0 fully saturated rings. The molecule has 2 rings (SSSR count). The summed E-state index contributed by atoms with van der Waals surface area (Å²) in [5, 5.41) is 0. The van der Waals surface area contributed by atoms with Crippen LogP contribution < -0.4 is 5.73 Å². The Labute approximate surface area is 108 Å². The van der Waals surface area contributed by atoms with Crippen LogP contribution in [0.15, 0.2) is 24.3 Å². The SMILES string of the molecule is CC(c1nc2ccccc2n1C(C)CN)N(C)C. The standard InChI is InChI=1S/C14H22N4/c1-10(9-15)18-13-8-6-5-7-12(13)16-14(18)11(2)17(3)4/h5-8,10-11H,9,15H2,1-4H3. The van der Waals surface area contributed by atoms with Crippen molar-refractivity contribution >= 4 is 11.0 Å². The zero-order chi connectivity index (χ0) is 13.3. The van der Waals surface area contributed by atoms with E-state index in [1.54, 1.807) is 0 Å². The lowest BCUT2D eigenvalue weighted by molar-refractivity contribution is 0.297. The zero-order valence-electron chi connectivity index (χ0n) is 11.6. The van der Waals surface area contributed by atoms with E-state index in [0.29, 0.717) is 6.54 Å². The first-order chi connectivity index (χ1) is 8.56. The van der Waals surface area contributed by atoms with E-state index in [0.717, 1.165) is 11.3 Å². The highest BCUT2D eigenvalue weighted by molar-refractivity contribution is 5.76. The van der Waals surface area contributed by atoms with Gasteiger partial charge in [-0.2, -0.15) is 0 Å². The van der Waals surface area contributed by atoms with Crippen LogP contribution in [0.25, 0.3) is 11.0 Å². The lowest BCUT2D eigenvalue weighted by atomic mass is 10.2. The second-order valence-electron chi connectivity index (χ2n) is 5.05. The minimum absolute atomic E-state index is 0.259. The Morgan fingerprint density at radius 3 is 2.56 bits per heavy atom. The van der Waals surface area contributed by atoms with E-state index >= 15 is 0 Å². The van der Waals surface area contributed by atoms with Crippen LogP contribution in [0.1, 0.15) is 31.8 Å². The van der Waals surface area contributed by atoms with Gasteiger partial charge in [-0.25, -0.2) is 4.98 Å². The smallest absolute Gasteiger partial charge is 0.127 e. The van der Waals surface area contributed by atoms with Crippen LogP contribution in [-0.4, -0.2) is 35.1 Å². The van der Waals surface area contributed by atoms with Gasteiger partial charge >= 0.3 is 0 Å². The topological polar surface area (TPSA) is 47.1 Å². The molecule has 0 saturated heterocycles. The molecule has 0 spiro atoms. The van der Waals surface area contributed by atoms with Crippen molar-refractivity contribution in [2.45, 2.75) is 25.9 Å². The minimum atomic E-state index is 0.259. The Kier molecular flexibility index (Phi) is 3.68. The number of benzene rings is 1. The number of fused-ring (bicyclic) bond motifs is 1. The van der Waals surface area contributed by atoms with E-state index < -0.39 is 0 Å². The summed E-state index contributed by atoms with van der Waals surface area (Å²) in [6, 6.07) is 8.77. The van der Waals surface area contributed by atoms with Crippen molar-refractivity contribution in [3.8, 4) is 0 Å². The van der Waals surface area contributed by atoms with Gasteiger partial charge in [-0.1, -0.05) is 12.1 Å². The third kappa shape index (κ3) is 2.13. The van der Waals surface area contributed by atoms with E-state index in [9.17, 15) is 0 Å². The largest absolute Gasteiger partial charge is 0.328 e. The fourth-order valence-corrected chi connectivity index (χ4v) is 2.16. The normalized spacial score (nSPS) is 15.2. The maximum Gasteiger partial charge on any atom is 0.127 e. The van der Waals surface area contributed by atoms with E-state index in [-0.39, 0.29) is 12.1 Å². The van der Waals surface area contributed by atoms with Crippen molar-refractivity contribution in [2.75, 3.05) is 20.6 Å². The average Bonchev–Trinajstić information content (AvgIpc) is 2.75. The van der Waals surface area contributed by atoms with Gasteiger partial charge in [0.05, 0.1) is 17.1 Å². The number of hydrogen-bond donors (Lipinski definition) is 1. The molecule has 18 heavy (non-hydrogen) atoms. The molecule has 1 heterocycles. The van der Waals surface area contributed by atoms with Crippen LogP contribution in [0, 0.1) is 0 Å². The number of para-hydroxylation sites is 2. The second kappa shape index (κ2) is 5.08.